The van der Waals surface area contributed by atoms with E-state index in [2.05, 4.69) is 5.32 Å². The Hall–Kier alpha value is -1.44. The zero-order valence-electron chi connectivity index (χ0n) is 10.3. The molecule has 0 aromatic heterocycles. The molecule has 0 radical (unpaired) electrons. The Morgan fingerprint density at radius 2 is 2.05 bits per heavy atom. The SMILES string of the molecule is NS(=O)(=O)c1ccc(C(=O)NCC2CCOC2)cc1. The van der Waals surface area contributed by atoms with Gasteiger partial charge in [-0.3, -0.25) is 4.79 Å². The van der Waals surface area contributed by atoms with E-state index >= 15 is 0 Å². The lowest BCUT2D eigenvalue weighted by molar-refractivity contribution is 0.0945. The normalized spacial score (nSPS) is 19.3. The quantitative estimate of drug-likeness (QED) is 0.819. The molecule has 0 saturated carbocycles. The van der Waals surface area contributed by atoms with Crippen LogP contribution in [0, 0.1) is 5.92 Å². The van der Waals surface area contributed by atoms with Crippen LogP contribution in [-0.4, -0.2) is 34.1 Å². The molecule has 1 heterocycles. The fourth-order valence-corrected chi connectivity index (χ4v) is 2.39. The summed E-state index contributed by atoms with van der Waals surface area (Å²) in [5.41, 5.74) is 0.409. The molecule has 7 heteroatoms. The van der Waals surface area contributed by atoms with Gasteiger partial charge in [0.1, 0.15) is 0 Å². The number of carbonyl (C=O) groups is 1. The van der Waals surface area contributed by atoms with Crippen molar-refractivity contribution < 1.29 is 17.9 Å². The highest BCUT2D eigenvalue weighted by molar-refractivity contribution is 7.89. The van der Waals surface area contributed by atoms with Gasteiger partial charge < -0.3 is 10.1 Å². The maximum Gasteiger partial charge on any atom is 0.251 e. The fraction of sp³-hybridized carbons (Fsp3) is 0.417. The molecule has 0 aliphatic carbocycles. The Labute approximate surface area is 112 Å². The lowest BCUT2D eigenvalue weighted by Crippen LogP contribution is -2.29. The van der Waals surface area contributed by atoms with E-state index in [9.17, 15) is 13.2 Å². The van der Waals surface area contributed by atoms with E-state index in [1.54, 1.807) is 0 Å². The number of benzene rings is 1. The lowest BCUT2D eigenvalue weighted by atomic mass is 10.1. The molecule has 1 saturated heterocycles. The van der Waals surface area contributed by atoms with Crippen LogP contribution in [0.5, 0.6) is 0 Å². The van der Waals surface area contributed by atoms with Crippen LogP contribution in [0.4, 0.5) is 0 Å². The standard InChI is InChI=1S/C12H16N2O4S/c13-19(16,17)11-3-1-10(2-4-11)12(15)14-7-9-5-6-18-8-9/h1-4,9H,5-8H2,(H,14,15)(H2,13,16,17). The third kappa shape index (κ3) is 3.76. The molecule has 6 nitrogen and oxygen atoms in total. The van der Waals surface area contributed by atoms with Crippen LogP contribution < -0.4 is 10.5 Å². The van der Waals surface area contributed by atoms with Gasteiger partial charge in [0, 0.05) is 24.6 Å². The number of rotatable bonds is 4. The number of amides is 1. The summed E-state index contributed by atoms with van der Waals surface area (Å²) in [5, 5.41) is 7.78. The zero-order chi connectivity index (χ0) is 13.9. The fourth-order valence-electron chi connectivity index (χ4n) is 1.88. The number of nitrogens with two attached hydrogens (primary N) is 1. The first-order valence-corrected chi connectivity index (χ1v) is 7.50. The minimum absolute atomic E-state index is 0.00626. The van der Waals surface area contributed by atoms with Crippen molar-refractivity contribution in [1.82, 2.24) is 5.32 Å². The van der Waals surface area contributed by atoms with Crippen molar-refractivity contribution >= 4 is 15.9 Å². The van der Waals surface area contributed by atoms with Crippen LogP contribution in [0.3, 0.4) is 0 Å². The molecule has 1 fully saturated rings. The highest BCUT2D eigenvalue weighted by Gasteiger charge is 2.17. The van der Waals surface area contributed by atoms with Gasteiger partial charge in [0.05, 0.1) is 11.5 Å². The molecule has 1 aromatic rings. The van der Waals surface area contributed by atoms with E-state index < -0.39 is 10.0 Å². The van der Waals surface area contributed by atoms with Gasteiger partial charge in [-0.05, 0) is 30.7 Å². The molecule has 1 aliphatic heterocycles. The van der Waals surface area contributed by atoms with Gasteiger partial charge >= 0.3 is 0 Å². The largest absolute Gasteiger partial charge is 0.381 e. The maximum atomic E-state index is 11.8. The summed E-state index contributed by atoms with van der Waals surface area (Å²) in [4.78, 5) is 11.8. The van der Waals surface area contributed by atoms with E-state index in [1.165, 1.54) is 24.3 Å². The molecule has 1 atom stereocenters. The predicted molar refractivity (Wildman–Crippen MR) is 69.1 cm³/mol. The Morgan fingerprint density at radius 3 is 2.58 bits per heavy atom. The third-order valence-electron chi connectivity index (χ3n) is 3.02. The molecule has 2 rings (SSSR count). The Bertz CT molecular complexity index is 548. The number of hydrogen-bond acceptors (Lipinski definition) is 4. The van der Waals surface area contributed by atoms with Crippen molar-refractivity contribution in [3.63, 3.8) is 0 Å². The van der Waals surface area contributed by atoms with Crippen molar-refractivity contribution in [3.8, 4) is 0 Å². The van der Waals surface area contributed by atoms with Gasteiger partial charge in [-0.15, -0.1) is 0 Å². The first-order chi connectivity index (χ1) is 8.97. The van der Waals surface area contributed by atoms with Gasteiger partial charge in [0.25, 0.3) is 5.91 Å². The molecule has 0 bridgehead atoms. The Morgan fingerprint density at radius 1 is 1.37 bits per heavy atom. The van der Waals surface area contributed by atoms with Crippen LogP contribution in [0.25, 0.3) is 0 Å². The minimum atomic E-state index is -3.72. The topological polar surface area (TPSA) is 98.5 Å². The molecular weight excluding hydrogens is 268 g/mol. The van der Waals surface area contributed by atoms with Crippen molar-refractivity contribution in [3.05, 3.63) is 29.8 Å². The second-order valence-corrected chi connectivity index (χ2v) is 6.07. The molecule has 19 heavy (non-hydrogen) atoms. The summed E-state index contributed by atoms with van der Waals surface area (Å²) in [6.45, 7) is 1.98. The van der Waals surface area contributed by atoms with Gasteiger partial charge in [0.2, 0.25) is 10.0 Å². The maximum absolute atomic E-state index is 11.8. The predicted octanol–water partition coefficient (Wildman–Crippen LogP) is 0.100. The zero-order valence-corrected chi connectivity index (χ0v) is 11.2. The van der Waals surface area contributed by atoms with Crippen LogP contribution in [0.15, 0.2) is 29.2 Å². The van der Waals surface area contributed by atoms with Gasteiger partial charge in [-0.25, -0.2) is 13.6 Å². The first kappa shape index (κ1) is 14.0. The summed E-state index contributed by atoms with van der Waals surface area (Å²) in [7, 11) is -3.72. The molecule has 104 valence electrons. The molecule has 1 aromatic carbocycles. The number of ether oxygens (including phenoxy) is 1. The molecule has 3 N–H and O–H groups in total. The van der Waals surface area contributed by atoms with E-state index in [1.807, 2.05) is 0 Å². The number of carbonyl (C=O) groups excluding carboxylic acids is 1. The smallest absolute Gasteiger partial charge is 0.251 e. The summed E-state index contributed by atoms with van der Waals surface area (Å²) in [5.74, 6) is 0.125. The van der Waals surface area contributed by atoms with Gasteiger partial charge in [-0.2, -0.15) is 0 Å². The van der Waals surface area contributed by atoms with Crippen LogP contribution in [-0.2, 0) is 14.8 Å². The van der Waals surface area contributed by atoms with Crippen LogP contribution >= 0.6 is 0 Å². The summed E-state index contributed by atoms with van der Waals surface area (Å²) < 4.78 is 27.4. The lowest BCUT2D eigenvalue weighted by Gasteiger charge is -2.09. The van der Waals surface area contributed by atoms with Gasteiger partial charge in [-0.1, -0.05) is 0 Å². The monoisotopic (exact) mass is 284 g/mol. The van der Waals surface area contributed by atoms with Crippen molar-refractivity contribution in [2.75, 3.05) is 19.8 Å². The Kier molecular flexibility index (Phi) is 4.18. The number of primary sulfonamides is 1. The van der Waals surface area contributed by atoms with Crippen molar-refractivity contribution in [2.24, 2.45) is 11.1 Å². The summed E-state index contributed by atoms with van der Waals surface area (Å²) in [6, 6.07) is 5.53. The van der Waals surface area contributed by atoms with E-state index in [4.69, 9.17) is 9.88 Å². The van der Waals surface area contributed by atoms with Crippen LogP contribution in [0.1, 0.15) is 16.8 Å². The highest BCUT2D eigenvalue weighted by atomic mass is 32.2. The number of nitrogens with one attached hydrogen (secondary N) is 1. The molecular formula is C12H16N2O4S. The van der Waals surface area contributed by atoms with Crippen molar-refractivity contribution in [1.29, 1.82) is 0 Å². The van der Waals surface area contributed by atoms with E-state index in [0.29, 0.717) is 24.6 Å². The minimum Gasteiger partial charge on any atom is -0.381 e. The first-order valence-electron chi connectivity index (χ1n) is 5.95. The van der Waals surface area contributed by atoms with Crippen molar-refractivity contribution in [2.45, 2.75) is 11.3 Å². The second kappa shape index (κ2) is 5.68. The number of hydrogen-bond donors (Lipinski definition) is 2. The van der Waals surface area contributed by atoms with E-state index in [0.717, 1.165) is 13.0 Å². The summed E-state index contributed by atoms with van der Waals surface area (Å²) >= 11 is 0. The van der Waals surface area contributed by atoms with E-state index in [-0.39, 0.29) is 10.8 Å². The molecule has 1 unspecified atom stereocenters. The van der Waals surface area contributed by atoms with Crippen LogP contribution in [0.2, 0.25) is 0 Å². The summed E-state index contributed by atoms with van der Waals surface area (Å²) in [6.07, 6.45) is 0.949. The average Bonchev–Trinajstić information content (AvgIpc) is 2.88. The molecule has 0 spiro atoms. The second-order valence-electron chi connectivity index (χ2n) is 4.51. The highest BCUT2D eigenvalue weighted by Crippen LogP contribution is 2.12. The third-order valence-corrected chi connectivity index (χ3v) is 3.95. The number of sulfonamides is 1. The molecule has 1 aliphatic rings. The Balaban J connectivity index is 1.95. The average molecular weight is 284 g/mol. The van der Waals surface area contributed by atoms with Gasteiger partial charge in [0.15, 0.2) is 0 Å². The molecule has 1 amide bonds.